The third-order valence-corrected chi connectivity index (χ3v) is 3.80. The predicted octanol–water partition coefficient (Wildman–Crippen LogP) is 3.01. The lowest BCUT2D eigenvalue weighted by Gasteiger charge is -2.17. The summed E-state index contributed by atoms with van der Waals surface area (Å²) >= 11 is 1.88. The molecular formula is C13H22N2S. The van der Waals surface area contributed by atoms with Gasteiger partial charge in [0.2, 0.25) is 0 Å². The van der Waals surface area contributed by atoms with Gasteiger partial charge in [-0.15, -0.1) is 11.8 Å². The fraction of sp³-hybridized carbons (Fsp3) is 0.538. The minimum atomic E-state index is 0.896. The van der Waals surface area contributed by atoms with Crippen LogP contribution in [-0.2, 0) is 0 Å². The molecule has 1 rings (SSSR count). The number of anilines is 1. The number of hydrogen-bond acceptors (Lipinski definition) is 3. The van der Waals surface area contributed by atoms with Gasteiger partial charge in [0.1, 0.15) is 0 Å². The van der Waals surface area contributed by atoms with Gasteiger partial charge in [-0.2, -0.15) is 0 Å². The van der Waals surface area contributed by atoms with Crippen LogP contribution < -0.4 is 5.73 Å². The summed E-state index contributed by atoms with van der Waals surface area (Å²) in [5.74, 6) is 1.13. The third-order valence-electron chi connectivity index (χ3n) is 2.82. The van der Waals surface area contributed by atoms with E-state index < -0.39 is 0 Å². The number of thioether (sulfide) groups is 1. The molecule has 0 aliphatic carbocycles. The molecule has 0 radical (unpaired) electrons. The van der Waals surface area contributed by atoms with Crippen LogP contribution in [0, 0.1) is 6.92 Å². The van der Waals surface area contributed by atoms with Crippen LogP contribution in [0.15, 0.2) is 23.1 Å². The zero-order chi connectivity index (χ0) is 12.0. The van der Waals surface area contributed by atoms with Crippen LogP contribution in [0.4, 0.5) is 5.69 Å². The molecule has 0 bridgehead atoms. The zero-order valence-corrected chi connectivity index (χ0v) is 11.3. The Morgan fingerprint density at radius 1 is 1.25 bits per heavy atom. The van der Waals surface area contributed by atoms with Crippen LogP contribution in [0.1, 0.15) is 19.4 Å². The highest BCUT2D eigenvalue weighted by Crippen LogP contribution is 2.22. The van der Waals surface area contributed by atoms with Gasteiger partial charge >= 0.3 is 0 Å². The number of rotatable bonds is 6. The van der Waals surface area contributed by atoms with Crippen LogP contribution in [0.25, 0.3) is 0 Å². The number of nitrogens with two attached hydrogens (primary N) is 1. The van der Waals surface area contributed by atoms with Gasteiger partial charge in [-0.1, -0.05) is 19.9 Å². The van der Waals surface area contributed by atoms with E-state index in [2.05, 4.69) is 36.9 Å². The van der Waals surface area contributed by atoms with Gasteiger partial charge in [-0.05, 0) is 37.7 Å². The summed E-state index contributed by atoms with van der Waals surface area (Å²) in [4.78, 5) is 3.71. The van der Waals surface area contributed by atoms with Crippen molar-refractivity contribution in [2.24, 2.45) is 0 Å². The molecule has 0 saturated carbocycles. The summed E-state index contributed by atoms with van der Waals surface area (Å²) in [6.07, 6.45) is 0. The van der Waals surface area contributed by atoms with Crippen LogP contribution in [-0.4, -0.2) is 30.3 Å². The van der Waals surface area contributed by atoms with Crippen molar-refractivity contribution in [1.82, 2.24) is 4.90 Å². The summed E-state index contributed by atoms with van der Waals surface area (Å²) < 4.78 is 0. The Morgan fingerprint density at radius 2 is 1.94 bits per heavy atom. The molecule has 0 spiro atoms. The maximum Gasteiger partial charge on any atom is 0.0354 e. The number of aryl methyl sites for hydroxylation is 1. The molecule has 0 amide bonds. The SMILES string of the molecule is CCN(CC)CCSc1ccc(C)c(N)c1. The molecule has 3 heteroatoms. The molecule has 0 aliphatic rings. The smallest absolute Gasteiger partial charge is 0.0354 e. The Labute approximate surface area is 103 Å². The minimum Gasteiger partial charge on any atom is -0.398 e. The summed E-state index contributed by atoms with van der Waals surface area (Å²) in [7, 11) is 0. The first-order chi connectivity index (χ1) is 7.67. The molecule has 0 atom stereocenters. The van der Waals surface area contributed by atoms with Gasteiger partial charge in [-0.25, -0.2) is 0 Å². The van der Waals surface area contributed by atoms with E-state index in [-0.39, 0.29) is 0 Å². The minimum absolute atomic E-state index is 0.896. The highest BCUT2D eigenvalue weighted by molar-refractivity contribution is 7.99. The number of nitrogen functional groups attached to an aromatic ring is 1. The summed E-state index contributed by atoms with van der Waals surface area (Å²) in [6, 6.07) is 6.32. The molecule has 90 valence electrons. The Bertz CT molecular complexity index is 322. The maximum absolute atomic E-state index is 5.88. The molecule has 2 nitrogen and oxygen atoms in total. The van der Waals surface area contributed by atoms with Gasteiger partial charge in [0, 0.05) is 22.9 Å². The van der Waals surface area contributed by atoms with Gasteiger partial charge in [-0.3, -0.25) is 0 Å². The molecule has 0 unspecified atom stereocenters. The van der Waals surface area contributed by atoms with Gasteiger partial charge < -0.3 is 10.6 Å². The lowest BCUT2D eigenvalue weighted by molar-refractivity contribution is 0.324. The molecule has 0 heterocycles. The van der Waals surface area contributed by atoms with E-state index >= 15 is 0 Å². The molecule has 1 aromatic rings. The highest BCUT2D eigenvalue weighted by Gasteiger charge is 2.01. The van der Waals surface area contributed by atoms with Crippen LogP contribution in [0.5, 0.6) is 0 Å². The van der Waals surface area contributed by atoms with E-state index in [0.717, 1.165) is 36.6 Å². The topological polar surface area (TPSA) is 29.3 Å². The third kappa shape index (κ3) is 4.06. The largest absolute Gasteiger partial charge is 0.398 e. The Morgan fingerprint density at radius 3 is 2.50 bits per heavy atom. The Kier molecular flexibility index (Phi) is 5.71. The quantitative estimate of drug-likeness (QED) is 0.610. The van der Waals surface area contributed by atoms with Crippen molar-refractivity contribution in [1.29, 1.82) is 0 Å². The average Bonchev–Trinajstić information content (AvgIpc) is 2.29. The second-order valence-electron chi connectivity index (χ2n) is 3.89. The molecule has 0 saturated heterocycles. The van der Waals surface area contributed by atoms with E-state index in [1.165, 1.54) is 4.90 Å². The average molecular weight is 238 g/mol. The molecular weight excluding hydrogens is 216 g/mol. The number of nitrogens with zero attached hydrogens (tertiary/aromatic N) is 1. The standard InChI is InChI=1S/C13H22N2S/c1-4-15(5-2)8-9-16-12-7-6-11(3)13(14)10-12/h6-7,10H,4-5,8-9,14H2,1-3H3. The first-order valence-corrected chi connectivity index (χ1v) is 6.87. The van der Waals surface area contributed by atoms with E-state index in [9.17, 15) is 0 Å². The first-order valence-electron chi connectivity index (χ1n) is 5.88. The van der Waals surface area contributed by atoms with E-state index in [1.54, 1.807) is 0 Å². The number of hydrogen-bond donors (Lipinski definition) is 1. The second kappa shape index (κ2) is 6.81. The molecule has 0 aromatic heterocycles. The molecule has 2 N–H and O–H groups in total. The van der Waals surface area contributed by atoms with Gasteiger partial charge in [0.15, 0.2) is 0 Å². The fourth-order valence-corrected chi connectivity index (χ4v) is 2.50. The summed E-state index contributed by atoms with van der Waals surface area (Å²) in [5.41, 5.74) is 7.94. The van der Waals surface area contributed by atoms with Crippen LogP contribution >= 0.6 is 11.8 Å². The van der Waals surface area contributed by atoms with E-state index in [1.807, 2.05) is 18.7 Å². The monoisotopic (exact) mass is 238 g/mol. The zero-order valence-electron chi connectivity index (χ0n) is 10.5. The molecule has 1 aromatic carbocycles. The van der Waals surface area contributed by atoms with E-state index in [0.29, 0.717) is 0 Å². The molecule has 0 fully saturated rings. The Balaban J connectivity index is 2.40. The van der Waals surface area contributed by atoms with Crippen molar-refractivity contribution in [2.45, 2.75) is 25.7 Å². The fourth-order valence-electron chi connectivity index (χ4n) is 1.54. The van der Waals surface area contributed by atoms with Crippen molar-refractivity contribution in [2.75, 3.05) is 31.1 Å². The van der Waals surface area contributed by atoms with Gasteiger partial charge in [0.05, 0.1) is 0 Å². The summed E-state index contributed by atoms with van der Waals surface area (Å²) in [5, 5.41) is 0. The van der Waals surface area contributed by atoms with Crippen molar-refractivity contribution in [3.05, 3.63) is 23.8 Å². The van der Waals surface area contributed by atoms with Crippen molar-refractivity contribution >= 4 is 17.4 Å². The maximum atomic E-state index is 5.88. The van der Waals surface area contributed by atoms with Gasteiger partial charge in [0.25, 0.3) is 0 Å². The second-order valence-corrected chi connectivity index (χ2v) is 5.06. The predicted molar refractivity (Wildman–Crippen MR) is 74.1 cm³/mol. The van der Waals surface area contributed by atoms with Crippen molar-refractivity contribution in [3.8, 4) is 0 Å². The first kappa shape index (κ1) is 13.4. The molecule has 0 aliphatic heterocycles. The van der Waals surface area contributed by atoms with Crippen molar-refractivity contribution in [3.63, 3.8) is 0 Å². The van der Waals surface area contributed by atoms with Crippen LogP contribution in [0.2, 0.25) is 0 Å². The summed E-state index contributed by atoms with van der Waals surface area (Å²) in [6.45, 7) is 9.86. The Hall–Kier alpha value is -0.670. The lowest BCUT2D eigenvalue weighted by Crippen LogP contribution is -2.25. The lowest BCUT2D eigenvalue weighted by atomic mass is 10.2. The number of benzene rings is 1. The van der Waals surface area contributed by atoms with Crippen LogP contribution in [0.3, 0.4) is 0 Å². The van der Waals surface area contributed by atoms with Crippen molar-refractivity contribution < 1.29 is 0 Å². The highest BCUT2D eigenvalue weighted by atomic mass is 32.2. The van der Waals surface area contributed by atoms with E-state index in [4.69, 9.17) is 5.73 Å². The molecule has 16 heavy (non-hydrogen) atoms. The normalized spacial score (nSPS) is 11.0.